The minimum Gasteiger partial charge on any atom is -0.478 e. The SMILES string of the molecule is O=C(O)/C=C/c1ccc(Oc2ccc(Br)cc2)cc1Br. The molecule has 0 unspecified atom stereocenters. The lowest BCUT2D eigenvalue weighted by atomic mass is 10.2. The Labute approximate surface area is 133 Å². The molecule has 0 aromatic heterocycles. The molecule has 0 bridgehead atoms. The summed E-state index contributed by atoms with van der Waals surface area (Å²) in [7, 11) is 0. The van der Waals surface area contributed by atoms with E-state index in [9.17, 15) is 4.79 Å². The van der Waals surface area contributed by atoms with Crippen molar-refractivity contribution in [1.82, 2.24) is 0 Å². The molecule has 2 aromatic carbocycles. The van der Waals surface area contributed by atoms with Crippen LogP contribution in [-0.4, -0.2) is 11.1 Å². The zero-order chi connectivity index (χ0) is 14.5. The van der Waals surface area contributed by atoms with Crippen molar-refractivity contribution in [3.05, 3.63) is 63.0 Å². The first kappa shape index (κ1) is 14.8. The van der Waals surface area contributed by atoms with Crippen LogP contribution in [0.3, 0.4) is 0 Å². The van der Waals surface area contributed by atoms with Gasteiger partial charge in [-0.3, -0.25) is 0 Å². The zero-order valence-corrected chi connectivity index (χ0v) is 13.4. The van der Waals surface area contributed by atoms with Gasteiger partial charge in [0.1, 0.15) is 11.5 Å². The summed E-state index contributed by atoms with van der Waals surface area (Å²) in [6, 6.07) is 12.9. The molecule has 2 aromatic rings. The van der Waals surface area contributed by atoms with E-state index in [2.05, 4.69) is 31.9 Å². The molecule has 0 saturated heterocycles. The summed E-state index contributed by atoms with van der Waals surface area (Å²) in [6.07, 6.45) is 2.62. The Morgan fingerprint density at radius 3 is 2.30 bits per heavy atom. The number of carbonyl (C=O) groups is 1. The summed E-state index contributed by atoms with van der Waals surface area (Å²) in [5.74, 6) is 0.424. The van der Waals surface area contributed by atoms with Gasteiger partial charge >= 0.3 is 5.97 Å². The number of benzene rings is 2. The number of carboxylic acid groups (broad SMARTS) is 1. The lowest BCUT2D eigenvalue weighted by molar-refractivity contribution is -0.131. The fourth-order valence-corrected chi connectivity index (χ4v) is 2.26. The predicted octanol–water partition coefficient (Wildman–Crippen LogP) is 5.10. The number of halogens is 2. The Morgan fingerprint density at radius 2 is 1.70 bits per heavy atom. The summed E-state index contributed by atoms with van der Waals surface area (Å²) in [5, 5.41) is 8.61. The van der Waals surface area contributed by atoms with Gasteiger partial charge in [0.2, 0.25) is 0 Å². The predicted molar refractivity (Wildman–Crippen MR) is 85.0 cm³/mol. The van der Waals surface area contributed by atoms with Crippen LogP contribution in [-0.2, 0) is 4.79 Å². The number of aliphatic carboxylic acids is 1. The first-order valence-electron chi connectivity index (χ1n) is 5.68. The maximum atomic E-state index is 10.5. The third kappa shape index (κ3) is 4.21. The monoisotopic (exact) mass is 396 g/mol. The maximum Gasteiger partial charge on any atom is 0.328 e. The topological polar surface area (TPSA) is 46.5 Å². The number of carboxylic acids is 1. The fourth-order valence-electron chi connectivity index (χ4n) is 1.51. The first-order valence-corrected chi connectivity index (χ1v) is 7.27. The summed E-state index contributed by atoms with van der Waals surface area (Å²) < 4.78 is 7.46. The molecule has 20 heavy (non-hydrogen) atoms. The van der Waals surface area contributed by atoms with Crippen LogP contribution in [0.1, 0.15) is 5.56 Å². The molecule has 0 amide bonds. The van der Waals surface area contributed by atoms with Crippen LogP contribution in [0, 0.1) is 0 Å². The summed E-state index contributed by atoms with van der Waals surface area (Å²) in [4.78, 5) is 10.5. The van der Waals surface area contributed by atoms with E-state index in [0.717, 1.165) is 26.3 Å². The Bertz CT molecular complexity index is 649. The molecule has 2 rings (SSSR count). The lowest BCUT2D eigenvalue weighted by Crippen LogP contribution is -1.87. The van der Waals surface area contributed by atoms with Crippen molar-refractivity contribution in [1.29, 1.82) is 0 Å². The van der Waals surface area contributed by atoms with Crippen LogP contribution in [0.2, 0.25) is 0 Å². The quantitative estimate of drug-likeness (QED) is 0.730. The van der Waals surface area contributed by atoms with E-state index >= 15 is 0 Å². The Morgan fingerprint density at radius 1 is 1.05 bits per heavy atom. The summed E-state index contributed by atoms with van der Waals surface area (Å²) in [6.45, 7) is 0. The molecule has 0 aliphatic rings. The molecule has 0 aliphatic heterocycles. The smallest absolute Gasteiger partial charge is 0.328 e. The Balaban J connectivity index is 2.16. The highest BCUT2D eigenvalue weighted by Gasteiger charge is 2.02. The molecule has 0 saturated carbocycles. The Hall–Kier alpha value is -1.59. The Kier molecular flexibility index (Phi) is 4.98. The minimum absolute atomic E-state index is 0.673. The van der Waals surface area contributed by atoms with E-state index in [4.69, 9.17) is 9.84 Å². The van der Waals surface area contributed by atoms with Gasteiger partial charge in [-0.1, -0.05) is 37.9 Å². The highest BCUT2D eigenvalue weighted by Crippen LogP contribution is 2.28. The molecule has 0 aliphatic carbocycles. The molecule has 0 radical (unpaired) electrons. The van der Waals surface area contributed by atoms with Crippen molar-refractivity contribution in [3.63, 3.8) is 0 Å². The van der Waals surface area contributed by atoms with Crippen LogP contribution < -0.4 is 4.74 Å². The van der Waals surface area contributed by atoms with Crippen molar-refractivity contribution >= 4 is 43.9 Å². The number of hydrogen-bond acceptors (Lipinski definition) is 2. The normalized spacial score (nSPS) is 10.7. The molecular formula is C15H10Br2O3. The van der Waals surface area contributed by atoms with Gasteiger partial charge in [0.05, 0.1) is 0 Å². The second kappa shape index (κ2) is 6.72. The molecule has 0 heterocycles. The van der Waals surface area contributed by atoms with Crippen molar-refractivity contribution in [2.24, 2.45) is 0 Å². The van der Waals surface area contributed by atoms with E-state index in [-0.39, 0.29) is 0 Å². The van der Waals surface area contributed by atoms with Crippen LogP contribution in [0.15, 0.2) is 57.5 Å². The molecule has 0 atom stereocenters. The van der Waals surface area contributed by atoms with Gasteiger partial charge < -0.3 is 9.84 Å². The van der Waals surface area contributed by atoms with E-state index in [1.807, 2.05) is 24.3 Å². The highest BCUT2D eigenvalue weighted by molar-refractivity contribution is 9.10. The van der Waals surface area contributed by atoms with E-state index in [1.165, 1.54) is 6.08 Å². The second-order valence-electron chi connectivity index (χ2n) is 3.91. The minimum atomic E-state index is -0.980. The van der Waals surface area contributed by atoms with Gasteiger partial charge in [-0.25, -0.2) is 4.79 Å². The van der Waals surface area contributed by atoms with Gasteiger partial charge in [0.25, 0.3) is 0 Å². The molecule has 0 fully saturated rings. The van der Waals surface area contributed by atoms with Crippen molar-refractivity contribution in [2.75, 3.05) is 0 Å². The molecule has 3 nitrogen and oxygen atoms in total. The van der Waals surface area contributed by atoms with Crippen LogP contribution in [0.25, 0.3) is 6.08 Å². The lowest BCUT2D eigenvalue weighted by Gasteiger charge is -2.07. The van der Waals surface area contributed by atoms with Crippen LogP contribution in [0.4, 0.5) is 0 Å². The van der Waals surface area contributed by atoms with Gasteiger partial charge in [-0.15, -0.1) is 0 Å². The molecular weight excluding hydrogens is 388 g/mol. The van der Waals surface area contributed by atoms with E-state index < -0.39 is 5.97 Å². The average molecular weight is 398 g/mol. The molecule has 1 N–H and O–H groups in total. The average Bonchev–Trinajstić information content (AvgIpc) is 2.40. The van der Waals surface area contributed by atoms with Crippen molar-refractivity contribution in [2.45, 2.75) is 0 Å². The molecule has 0 spiro atoms. The second-order valence-corrected chi connectivity index (χ2v) is 5.68. The maximum absolute atomic E-state index is 10.5. The van der Waals surface area contributed by atoms with Gasteiger partial charge in [0.15, 0.2) is 0 Å². The number of hydrogen-bond donors (Lipinski definition) is 1. The first-order chi connectivity index (χ1) is 9.54. The highest BCUT2D eigenvalue weighted by atomic mass is 79.9. The van der Waals surface area contributed by atoms with E-state index in [0.29, 0.717) is 5.75 Å². The fraction of sp³-hybridized carbons (Fsp3) is 0. The van der Waals surface area contributed by atoms with Crippen molar-refractivity contribution in [3.8, 4) is 11.5 Å². The summed E-state index contributed by atoms with van der Waals surface area (Å²) >= 11 is 6.75. The van der Waals surface area contributed by atoms with Crippen molar-refractivity contribution < 1.29 is 14.6 Å². The third-order valence-corrected chi connectivity index (χ3v) is 3.64. The third-order valence-electron chi connectivity index (χ3n) is 2.43. The van der Waals surface area contributed by atoms with Crippen LogP contribution in [0.5, 0.6) is 11.5 Å². The number of rotatable bonds is 4. The van der Waals surface area contributed by atoms with E-state index in [1.54, 1.807) is 18.2 Å². The van der Waals surface area contributed by atoms with Gasteiger partial charge in [-0.05, 0) is 48.0 Å². The zero-order valence-electron chi connectivity index (χ0n) is 10.2. The molecule has 5 heteroatoms. The van der Waals surface area contributed by atoms with Gasteiger partial charge in [0, 0.05) is 15.0 Å². The number of ether oxygens (including phenoxy) is 1. The van der Waals surface area contributed by atoms with Crippen LogP contribution >= 0.6 is 31.9 Å². The molecule has 102 valence electrons. The van der Waals surface area contributed by atoms with Gasteiger partial charge in [-0.2, -0.15) is 0 Å². The standard InChI is InChI=1S/C15H10Br2O3/c16-11-3-6-12(7-4-11)20-13-5-1-10(14(17)9-13)2-8-15(18)19/h1-9H,(H,18,19)/b8-2+. The largest absolute Gasteiger partial charge is 0.478 e. The summed E-state index contributed by atoms with van der Waals surface area (Å²) in [5.41, 5.74) is 0.774.